The van der Waals surface area contributed by atoms with E-state index in [9.17, 15) is 0 Å². The van der Waals surface area contributed by atoms with Crippen molar-refractivity contribution in [3.05, 3.63) is 0 Å². The van der Waals surface area contributed by atoms with Gasteiger partial charge in [0.25, 0.3) is 0 Å². The van der Waals surface area contributed by atoms with Gasteiger partial charge in [0.05, 0.1) is 0 Å². The Balaban J connectivity index is 8.47. The van der Waals surface area contributed by atoms with Crippen LogP contribution in [-0.4, -0.2) is 71.7 Å². The molecule has 0 saturated carbocycles. The molecule has 0 heterocycles. The summed E-state index contributed by atoms with van der Waals surface area (Å²) in [5.41, 5.74) is -1.02. The Bertz CT molecular complexity index is 650. The summed E-state index contributed by atoms with van der Waals surface area (Å²) in [6.07, 6.45) is 0. The summed E-state index contributed by atoms with van der Waals surface area (Å²) in [4.78, 5) is 21.0. The predicted molar refractivity (Wildman–Crippen MR) is 166 cm³/mol. The van der Waals surface area contributed by atoms with E-state index in [0.717, 1.165) is 23.3 Å². The molecule has 0 aromatic rings. The van der Waals surface area contributed by atoms with Crippen LogP contribution in [0.1, 0.15) is 111 Å². The van der Waals surface area contributed by atoms with Gasteiger partial charge in [-0.3, -0.25) is 20.0 Å². The van der Waals surface area contributed by atoms with Gasteiger partial charge < -0.3 is 21.3 Å². The highest BCUT2D eigenvalue weighted by atomic mass is 15.2. The second-order valence-corrected chi connectivity index (χ2v) is 12.2. The van der Waals surface area contributed by atoms with E-state index in [1.54, 1.807) is 0 Å². The maximum absolute atomic E-state index is 5.24. The van der Waals surface area contributed by atoms with Crippen molar-refractivity contribution in [2.45, 2.75) is 159 Å². The lowest BCUT2D eigenvalue weighted by Gasteiger charge is -2.42. The van der Waals surface area contributed by atoms with Crippen molar-refractivity contribution in [3.63, 3.8) is 0 Å². The molecule has 8 nitrogen and oxygen atoms in total. The molecule has 0 aliphatic rings. The molecule has 37 heavy (non-hydrogen) atoms. The highest BCUT2D eigenvalue weighted by molar-refractivity contribution is 6.41. The molecule has 0 radical (unpaired) electrons. The van der Waals surface area contributed by atoms with Crippen LogP contribution in [0.3, 0.4) is 0 Å². The van der Waals surface area contributed by atoms with E-state index in [2.05, 4.69) is 132 Å². The van der Waals surface area contributed by atoms with Crippen LogP contribution >= 0.6 is 0 Å². The van der Waals surface area contributed by atoms with Crippen LogP contribution in [0.4, 0.5) is 0 Å². The first kappa shape index (κ1) is 34.9. The Hall–Kier alpha value is -2.12. The summed E-state index contributed by atoms with van der Waals surface area (Å²) in [6.45, 7) is 33.9. The van der Waals surface area contributed by atoms with Crippen LogP contribution in [0.5, 0.6) is 0 Å². The van der Waals surface area contributed by atoms with Crippen LogP contribution in [0, 0.1) is 5.41 Å². The van der Waals surface area contributed by atoms with Gasteiger partial charge in [-0.15, -0.1) is 0 Å². The van der Waals surface area contributed by atoms with E-state index in [1.165, 1.54) is 0 Å². The van der Waals surface area contributed by atoms with Gasteiger partial charge in [0.2, 0.25) is 0 Å². The largest absolute Gasteiger partial charge is 0.370 e. The van der Waals surface area contributed by atoms with Crippen LogP contribution in [0.2, 0.25) is 0 Å². The minimum absolute atomic E-state index is 0.0404. The number of hydrogen-bond acceptors (Lipinski definition) is 4. The highest BCUT2D eigenvalue weighted by Gasteiger charge is 2.53. The molecule has 216 valence electrons. The zero-order chi connectivity index (χ0) is 29.1. The van der Waals surface area contributed by atoms with Crippen molar-refractivity contribution < 1.29 is 0 Å². The van der Waals surface area contributed by atoms with E-state index in [-0.39, 0.29) is 48.3 Å². The molecule has 0 unspecified atom stereocenters. The maximum Gasteiger partial charge on any atom is 0.197 e. The summed E-state index contributed by atoms with van der Waals surface area (Å²) in [5.74, 6) is 3.13. The summed E-state index contributed by atoms with van der Waals surface area (Å²) < 4.78 is 0. The lowest BCUT2D eigenvalue weighted by molar-refractivity contribution is 0.616. The Morgan fingerprint density at radius 1 is 0.351 bits per heavy atom. The molecule has 0 spiro atoms. The third-order valence-corrected chi connectivity index (χ3v) is 4.67. The Morgan fingerprint density at radius 3 is 0.622 bits per heavy atom. The smallest absolute Gasteiger partial charge is 0.197 e. The average molecular weight is 521 g/mol. The van der Waals surface area contributed by atoms with Gasteiger partial charge in [0.15, 0.2) is 5.41 Å². The van der Waals surface area contributed by atoms with Crippen molar-refractivity contribution in [1.29, 1.82) is 0 Å². The Morgan fingerprint density at radius 2 is 0.514 bits per heavy atom. The molecular formula is C29H60N8. The molecule has 0 aromatic carbocycles. The number of nitrogens with zero attached hydrogens (tertiary/aromatic N) is 4. The molecule has 0 saturated heterocycles. The minimum Gasteiger partial charge on any atom is -0.370 e. The maximum atomic E-state index is 5.24. The van der Waals surface area contributed by atoms with Crippen LogP contribution in [0.25, 0.3) is 0 Å². The molecule has 8 heteroatoms. The van der Waals surface area contributed by atoms with Gasteiger partial charge in [0.1, 0.15) is 23.3 Å². The summed E-state index contributed by atoms with van der Waals surface area (Å²) >= 11 is 0. The van der Waals surface area contributed by atoms with Gasteiger partial charge in [-0.25, -0.2) is 0 Å². The van der Waals surface area contributed by atoms with Gasteiger partial charge in [-0.2, -0.15) is 0 Å². The van der Waals surface area contributed by atoms with Gasteiger partial charge in [-0.05, 0) is 111 Å². The first-order chi connectivity index (χ1) is 16.9. The third kappa shape index (κ3) is 11.9. The van der Waals surface area contributed by atoms with E-state index in [0.29, 0.717) is 0 Å². The fourth-order valence-corrected chi connectivity index (χ4v) is 3.77. The van der Waals surface area contributed by atoms with Crippen molar-refractivity contribution in [2.75, 3.05) is 0 Å². The second-order valence-electron chi connectivity index (χ2n) is 12.2. The lowest BCUT2D eigenvalue weighted by Crippen LogP contribution is -2.69. The molecule has 0 rings (SSSR count). The predicted octanol–water partition coefficient (Wildman–Crippen LogP) is 5.19. The normalized spacial score (nSPS) is 16.2. The van der Waals surface area contributed by atoms with E-state index < -0.39 is 5.41 Å². The molecule has 0 aliphatic heterocycles. The summed E-state index contributed by atoms with van der Waals surface area (Å²) in [7, 11) is 0. The standard InChI is InChI=1S/C29H60N8/c1-17(2)30-25(31-18(3)4)29(26(32-19(5)6)33-20(7)8,27(34-21(9)10)35-22(11)12)28(36-23(13)14)37-24(15)16/h17-24H,1-16H3,(H,30,31)(H,32,33)(H,34,35)(H,36,37). The zero-order valence-corrected chi connectivity index (χ0v) is 26.9. The van der Waals surface area contributed by atoms with Crippen molar-refractivity contribution in [3.8, 4) is 0 Å². The topological polar surface area (TPSA) is 97.6 Å². The molecule has 0 bridgehead atoms. The highest BCUT2D eigenvalue weighted by Crippen LogP contribution is 2.28. The minimum atomic E-state index is -1.02. The number of rotatable bonds is 12. The Kier molecular flexibility index (Phi) is 15.1. The number of amidine groups is 4. The van der Waals surface area contributed by atoms with Crippen LogP contribution in [0.15, 0.2) is 20.0 Å². The number of aliphatic imine (C=N–C) groups is 4. The first-order valence-corrected chi connectivity index (χ1v) is 14.3. The fourth-order valence-electron chi connectivity index (χ4n) is 3.77. The molecule has 0 atom stereocenters. The summed E-state index contributed by atoms with van der Waals surface area (Å²) in [5, 5.41) is 14.9. The van der Waals surface area contributed by atoms with Gasteiger partial charge >= 0.3 is 0 Å². The zero-order valence-electron chi connectivity index (χ0n) is 26.9. The summed E-state index contributed by atoms with van der Waals surface area (Å²) in [6, 6.07) is 0.699. The van der Waals surface area contributed by atoms with Gasteiger partial charge in [0, 0.05) is 48.3 Å². The fraction of sp³-hybridized carbons (Fsp3) is 0.862. The van der Waals surface area contributed by atoms with Crippen LogP contribution in [-0.2, 0) is 0 Å². The van der Waals surface area contributed by atoms with Crippen molar-refractivity contribution in [2.24, 2.45) is 25.4 Å². The van der Waals surface area contributed by atoms with Crippen molar-refractivity contribution >= 4 is 23.3 Å². The molecule has 0 amide bonds. The second kappa shape index (κ2) is 16.0. The number of nitrogens with one attached hydrogen (secondary N) is 4. The average Bonchev–Trinajstić information content (AvgIpc) is 2.64. The van der Waals surface area contributed by atoms with Gasteiger partial charge in [-0.1, -0.05) is 0 Å². The quantitative estimate of drug-likeness (QED) is 0.210. The lowest BCUT2D eigenvalue weighted by atomic mass is 9.78. The van der Waals surface area contributed by atoms with E-state index in [1.807, 2.05) is 0 Å². The number of hydrogen-bond donors (Lipinski definition) is 4. The van der Waals surface area contributed by atoms with E-state index in [4.69, 9.17) is 20.0 Å². The molecule has 0 aliphatic carbocycles. The molecule has 0 aromatic heterocycles. The SMILES string of the molecule is CC(C)N=C(NC(C)C)C(C(=NC(C)C)NC(C)C)(C(=NC(C)C)NC(C)C)C(=NC(C)C)NC(C)C. The molecule has 4 N–H and O–H groups in total. The van der Waals surface area contributed by atoms with Crippen LogP contribution < -0.4 is 21.3 Å². The molecular weight excluding hydrogens is 460 g/mol. The monoisotopic (exact) mass is 520 g/mol. The third-order valence-electron chi connectivity index (χ3n) is 4.67. The molecule has 0 fully saturated rings. The van der Waals surface area contributed by atoms with Crippen molar-refractivity contribution in [1.82, 2.24) is 21.3 Å². The van der Waals surface area contributed by atoms with E-state index >= 15 is 0 Å². The first-order valence-electron chi connectivity index (χ1n) is 14.3. The Labute approximate surface area is 229 Å².